The van der Waals surface area contributed by atoms with Gasteiger partial charge in [-0.05, 0) is 72.3 Å². The first-order valence-corrected chi connectivity index (χ1v) is 10.1. The van der Waals surface area contributed by atoms with E-state index in [1.54, 1.807) is 18.2 Å². The van der Waals surface area contributed by atoms with Gasteiger partial charge in [0, 0.05) is 18.1 Å². The monoisotopic (exact) mass is 418 g/mol. The van der Waals surface area contributed by atoms with Crippen LogP contribution in [0.5, 0.6) is 0 Å². The maximum atomic E-state index is 13.1. The number of hydrogen-bond acceptors (Lipinski definition) is 6. The molecule has 0 aromatic heterocycles. The average molecular weight is 419 g/mol. The summed E-state index contributed by atoms with van der Waals surface area (Å²) >= 11 is 6.20. The SMILES string of the molecule is CN(C)CCCn1c(=O)nc2n(CCCN(C)C)c3cc(Cl)ccc3nc-2c1=O. The van der Waals surface area contributed by atoms with Crippen LogP contribution in [0.1, 0.15) is 12.8 Å². The minimum Gasteiger partial charge on any atom is -0.322 e. The number of rotatable bonds is 8. The summed E-state index contributed by atoms with van der Waals surface area (Å²) in [5.41, 5.74) is 0.710. The number of nitrogens with zero attached hydrogens (tertiary/aromatic N) is 6. The van der Waals surface area contributed by atoms with Crippen LogP contribution in [0.25, 0.3) is 22.6 Å². The number of halogens is 1. The standard InChI is InChI=1S/C20H27ClN6O2/c1-24(2)9-5-11-26-16-13-14(21)7-8-15(16)22-17-18(26)23-20(29)27(19(17)28)12-6-10-25(3)4/h7-8,13H,5-6,9-12H2,1-4H3. The molecule has 0 unspecified atom stereocenters. The van der Waals surface area contributed by atoms with Crippen LogP contribution in [0, 0.1) is 0 Å². The zero-order chi connectivity index (χ0) is 21.1. The first kappa shape index (κ1) is 21.4. The Hall–Kier alpha value is -2.29. The smallest absolute Gasteiger partial charge is 0.322 e. The molecule has 0 radical (unpaired) electrons. The molecule has 0 saturated heterocycles. The molecule has 0 amide bonds. The maximum absolute atomic E-state index is 13.1. The van der Waals surface area contributed by atoms with Gasteiger partial charge in [-0.15, -0.1) is 0 Å². The molecule has 0 atom stereocenters. The van der Waals surface area contributed by atoms with Gasteiger partial charge in [-0.25, -0.2) is 9.78 Å². The van der Waals surface area contributed by atoms with Gasteiger partial charge >= 0.3 is 5.69 Å². The molecule has 0 fully saturated rings. The Bertz CT molecular complexity index is 1090. The molecule has 2 aliphatic rings. The topological polar surface area (TPSA) is 76.3 Å². The van der Waals surface area contributed by atoms with Crippen LogP contribution in [0.4, 0.5) is 0 Å². The fraction of sp³-hybridized carbons (Fsp3) is 0.500. The van der Waals surface area contributed by atoms with Crippen molar-refractivity contribution in [2.75, 3.05) is 41.3 Å². The molecule has 0 bridgehead atoms. The second-order valence-corrected chi connectivity index (χ2v) is 8.17. The average Bonchev–Trinajstić information content (AvgIpc) is 2.64. The third kappa shape index (κ3) is 4.83. The normalized spacial score (nSPS) is 12.0. The highest BCUT2D eigenvalue weighted by Gasteiger charge is 2.21. The summed E-state index contributed by atoms with van der Waals surface area (Å²) in [5.74, 6) is 0.317. The predicted octanol–water partition coefficient (Wildman–Crippen LogP) is 1.61. The Kier molecular flexibility index (Phi) is 6.66. The molecule has 3 rings (SSSR count). The van der Waals surface area contributed by atoms with Crippen molar-refractivity contribution in [1.82, 2.24) is 28.9 Å². The van der Waals surface area contributed by atoms with Crippen molar-refractivity contribution in [3.8, 4) is 11.5 Å². The van der Waals surface area contributed by atoms with E-state index in [1.807, 2.05) is 37.7 Å². The molecule has 2 heterocycles. The lowest BCUT2D eigenvalue weighted by Gasteiger charge is -2.19. The van der Waals surface area contributed by atoms with Crippen molar-refractivity contribution in [1.29, 1.82) is 0 Å². The van der Waals surface area contributed by atoms with Gasteiger partial charge in [0.05, 0.1) is 11.0 Å². The molecular weight excluding hydrogens is 392 g/mol. The fourth-order valence-electron chi connectivity index (χ4n) is 3.36. The van der Waals surface area contributed by atoms with E-state index in [0.29, 0.717) is 35.9 Å². The lowest BCUT2D eigenvalue weighted by atomic mass is 10.2. The fourth-order valence-corrected chi connectivity index (χ4v) is 3.52. The van der Waals surface area contributed by atoms with Gasteiger partial charge in [0.1, 0.15) is 0 Å². The van der Waals surface area contributed by atoms with Crippen LogP contribution < -0.4 is 11.2 Å². The Morgan fingerprint density at radius 3 is 2.17 bits per heavy atom. The van der Waals surface area contributed by atoms with Crippen molar-refractivity contribution in [3.63, 3.8) is 0 Å². The molecule has 0 saturated carbocycles. The summed E-state index contributed by atoms with van der Waals surface area (Å²) in [6, 6.07) is 5.34. The first-order valence-electron chi connectivity index (χ1n) is 9.68. The molecule has 8 nitrogen and oxygen atoms in total. The Morgan fingerprint density at radius 1 is 0.931 bits per heavy atom. The highest BCUT2D eigenvalue weighted by Crippen LogP contribution is 2.24. The molecule has 0 N–H and O–H groups in total. The van der Waals surface area contributed by atoms with E-state index in [-0.39, 0.29) is 5.69 Å². The second kappa shape index (κ2) is 9.02. The van der Waals surface area contributed by atoms with Crippen LogP contribution in [-0.2, 0) is 13.1 Å². The third-order valence-corrected chi connectivity index (χ3v) is 5.02. The summed E-state index contributed by atoms with van der Waals surface area (Å²) < 4.78 is 3.07. The summed E-state index contributed by atoms with van der Waals surface area (Å²) in [4.78, 5) is 38.6. The maximum Gasteiger partial charge on any atom is 0.352 e. The van der Waals surface area contributed by atoms with E-state index in [1.165, 1.54) is 4.57 Å². The van der Waals surface area contributed by atoms with Gasteiger partial charge in [-0.1, -0.05) is 11.6 Å². The molecule has 0 spiro atoms. The van der Waals surface area contributed by atoms with Gasteiger partial charge in [-0.3, -0.25) is 9.36 Å². The number of hydrogen-bond donors (Lipinski definition) is 0. The number of aryl methyl sites for hydroxylation is 1. The summed E-state index contributed by atoms with van der Waals surface area (Å²) in [6.45, 7) is 2.56. The molecule has 1 aromatic rings. The van der Waals surface area contributed by atoms with Gasteiger partial charge in [-0.2, -0.15) is 4.98 Å². The van der Waals surface area contributed by atoms with E-state index >= 15 is 0 Å². The van der Waals surface area contributed by atoms with Crippen LogP contribution in [0.15, 0.2) is 27.8 Å². The Labute approximate surface area is 174 Å². The molecule has 2 aliphatic heterocycles. The zero-order valence-electron chi connectivity index (χ0n) is 17.4. The van der Waals surface area contributed by atoms with Crippen molar-refractivity contribution < 1.29 is 0 Å². The van der Waals surface area contributed by atoms with Crippen molar-refractivity contribution in [2.24, 2.45) is 0 Å². The van der Waals surface area contributed by atoms with Crippen LogP contribution >= 0.6 is 11.6 Å². The van der Waals surface area contributed by atoms with Gasteiger partial charge in [0.25, 0.3) is 5.56 Å². The van der Waals surface area contributed by atoms with E-state index in [2.05, 4.69) is 14.9 Å². The number of aromatic nitrogens is 4. The summed E-state index contributed by atoms with van der Waals surface area (Å²) in [6.07, 6.45) is 1.52. The number of benzene rings is 1. The highest BCUT2D eigenvalue weighted by molar-refractivity contribution is 6.31. The van der Waals surface area contributed by atoms with E-state index in [0.717, 1.165) is 25.0 Å². The third-order valence-electron chi connectivity index (χ3n) is 4.78. The van der Waals surface area contributed by atoms with E-state index < -0.39 is 11.2 Å². The van der Waals surface area contributed by atoms with Crippen molar-refractivity contribution in [2.45, 2.75) is 25.9 Å². The van der Waals surface area contributed by atoms with Crippen molar-refractivity contribution >= 4 is 22.6 Å². The first-order chi connectivity index (χ1) is 13.8. The zero-order valence-corrected chi connectivity index (χ0v) is 18.1. The van der Waals surface area contributed by atoms with Gasteiger partial charge < -0.3 is 14.4 Å². The predicted molar refractivity (Wildman–Crippen MR) is 116 cm³/mol. The second-order valence-electron chi connectivity index (χ2n) is 7.73. The van der Waals surface area contributed by atoms with E-state index in [9.17, 15) is 9.59 Å². The number of fused-ring (bicyclic) bond motifs is 2. The Balaban J connectivity index is 2.15. The van der Waals surface area contributed by atoms with Gasteiger partial charge in [0.15, 0.2) is 11.5 Å². The van der Waals surface area contributed by atoms with Crippen molar-refractivity contribution in [3.05, 3.63) is 44.1 Å². The summed E-state index contributed by atoms with van der Waals surface area (Å²) in [5, 5.41) is 0.569. The lowest BCUT2D eigenvalue weighted by molar-refractivity contribution is 0.381. The highest BCUT2D eigenvalue weighted by atomic mass is 35.5. The van der Waals surface area contributed by atoms with Crippen LogP contribution in [0.3, 0.4) is 0 Å². The minimum atomic E-state index is -0.536. The molecule has 156 valence electrons. The van der Waals surface area contributed by atoms with E-state index in [4.69, 9.17) is 11.6 Å². The molecule has 1 aromatic carbocycles. The largest absolute Gasteiger partial charge is 0.352 e. The van der Waals surface area contributed by atoms with Crippen LogP contribution in [-0.4, -0.2) is 70.2 Å². The quantitative estimate of drug-likeness (QED) is 0.517. The molecular formula is C20H27ClN6O2. The molecule has 0 aliphatic carbocycles. The molecule has 9 heteroatoms. The van der Waals surface area contributed by atoms with Gasteiger partial charge in [0.2, 0.25) is 0 Å². The minimum absolute atomic E-state index is 0.217. The molecule has 29 heavy (non-hydrogen) atoms. The summed E-state index contributed by atoms with van der Waals surface area (Å²) in [7, 11) is 7.92. The lowest BCUT2D eigenvalue weighted by Crippen LogP contribution is -2.39. The van der Waals surface area contributed by atoms with Crippen LogP contribution in [0.2, 0.25) is 5.02 Å². The Morgan fingerprint density at radius 2 is 1.55 bits per heavy atom.